The van der Waals surface area contributed by atoms with Gasteiger partial charge in [-0.15, -0.1) is 0 Å². The molecule has 3 rings (SSSR count). The van der Waals surface area contributed by atoms with Crippen molar-refractivity contribution in [1.29, 1.82) is 0 Å². The van der Waals surface area contributed by atoms with Crippen LogP contribution in [0.2, 0.25) is 0 Å². The second-order valence-corrected chi connectivity index (χ2v) is 5.20. The number of benzene rings is 1. The highest BCUT2D eigenvalue weighted by Gasteiger charge is 2.32. The second-order valence-electron chi connectivity index (χ2n) is 5.20. The molecule has 1 aromatic heterocycles. The van der Waals surface area contributed by atoms with Crippen LogP contribution in [0, 0.1) is 0 Å². The molecule has 106 valence electrons. The predicted molar refractivity (Wildman–Crippen MR) is 79.0 cm³/mol. The summed E-state index contributed by atoms with van der Waals surface area (Å²) >= 11 is 0. The quantitative estimate of drug-likeness (QED) is 0.909. The van der Waals surface area contributed by atoms with Gasteiger partial charge >= 0.3 is 0 Å². The van der Waals surface area contributed by atoms with Crippen LogP contribution < -0.4 is 10.1 Å². The van der Waals surface area contributed by atoms with Crippen LogP contribution in [0.3, 0.4) is 0 Å². The van der Waals surface area contributed by atoms with Crippen molar-refractivity contribution in [1.82, 2.24) is 15.1 Å². The Labute approximate surface area is 119 Å². The molecule has 4 heteroatoms. The summed E-state index contributed by atoms with van der Waals surface area (Å²) in [5, 5.41) is 7.88. The molecule has 2 unspecified atom stereocenters. The third-order valence-electron chi connectivity index (χ3n) is 3.95. The van der Waals surface area contributed by atoms with Crippen molar-refractivity contribution < 1.29 is 4.74 Å². The summed E-state index contributed by atoms with van der Waals surface area (Å²) in [5.74, 6) is 1.35. The Bertz CT molecular complexity index is 579. The zero-order valence-electron chi connectivity index (χ0n) is 12.0. The van der Waals surface area contributed by atoms with Crippen molar-refractivity contribution in [2.75, 3.05) is 13.7 Å². The maximum Gasteiger partial charge on any atom is 0.122 e. The lowest BCUT2D eigenvalue weighted by Crippen LogP contribution is -2.27. The Morgan fingerprint density at radius 2 is 2.25 bits per heavy atom. The van der Waals surface area contributed by atoms with E-state index < -0.39 is 0 Å². The summed E-state index contributed by atoms with van der Waals surface area (Å²) in [6.45, 7) is 3.85. The lowest BCUT2D eigenvalue weighted by atomic mass is 9.91. The van der Waals surface area contributed by atoms with E-state index in [-0.39, 0.29) is 6.04 Å². The van der Waals surface area contributed by atoms with E-state index in [9.17, 15) is 0 Å². The van der Waals surface area contributed by atoms with Crippen LogP contribution in [0.5, 0.6) is 5.75 Å². The Morgan fingerprint density at radius 3 is 3.05 bits per heavy atom. The largest absolute Gasteiger partial charge is 0.493 e. The number of ether oxygens (including phenoxy) is 1. The first-order valence-electron chi connectivity index (χ1n) is 7.25. The number of likely N-dealkylation sites (N-methyl/N-ethyl adjacent to an activating group) is 1. The fraction of sp³-hybridized carbons (Fsp3) is 0.438. The number of hydrogen-bond donors (Lipinski definition) is 1. The highest BCUT2D eigenvalue weighted by Crippen LogP contribution is 2.40. The molecule has 0 saturated heterocycles. The van der Waals surface area contributed by atoms with Crippen molar-refractivity contribution in [3.63, 3.8) is 0 Å². The molecule has 1 aromatic carbocycles. The first-order valence-corrected chi connectivity index (χ1v) is 7.25. The van der Waals surface area contributed by atoms with E-state index in [0.29, 0.717) is 5.92 Å². The standard InChI is InChI=1S/C16H21N3O/c1-3-10-19-14(8-9-18-19)16(17-2)13-11-20-15-7-5-4-6-12(13)15/h4-9,13,16-17H,3,10-11H2,1-2H3. The molecule has 0 amide bonds. The van der Waals surface area contributed by atoms with E-state index in [1.165, 1.54) is 11.3 Å². The van der Waals surface area contributed by atoms with Gasteiger partial charge in [0.1, 0.15) is 5.75 Å². The number of aryl methyl sites for hydroxylation is 1. The topological polar surface area (TPSA) is 39.1 Å². The highest BCUT2D eigenvalue weighted by atomic mass is 16.5. The molecule has 2 heterocycles. The minimum atomic E-state index is 0.229. The SMILES string of the molecule is CCCn1nccc1C(NC)C1COc2ccccc21. The van der Waals surface area contributed by atoms with Gasteiger partial charge in [0.05, 0.1) is 18.3 Å². The number of rotatable bonds is 5. The molecule has 2 atom stereocenters. The van der Waals surface area contributed by atoms with Crippen molar-refractivity contribution >= 4 is 0 Å². The van der Waals surface area contributed by atoms with E-state index >= 15 is 0 Å². The van der Waals surface area contributed by atoms with E-state index in [1.54, 1.807) is 0 Å². The zero-order valence-corrected chi connectivity index (χ0v) is 12.0. The van der Waals surface area contributed by atoms with Crippen LogP contribution in [-0.2, 0) is 6.54 Å². The molecule has 20 heavy (non-hydrogen) atoms. The van der Waals surface area contributed by atoms with Gasteiger partial charge in [-0.25, -0.2) is 0 Å². The molecule has 0 bridgehead atoms. The average molecular weight is 271 g/mol. The van der Waals surface area contributed by atoms with Crippen LogP contribution in [-0.4, -0.2) is 23.4 Å². The molecule has 0 saturated carbocycles. The van der Waals surface area contributed by atoms with Gasteiger partial charge in [0, 0.05) is 24.2 Å². The maximum absolute atomic E-state index is 5.82. The number of hydrogen-bond acceptors (Lipinski definition) is 3. The summed E-state index contributed by atoms with van der Waals surface area (Å²) in [4.78, 5) is 0. The summed E-state index contributed by atoms with van der Waals surface area (Å²) in [6, 6.07) is 10.7. The van der Waals surface area contributed by atoms with Crippen LogP contribution in [0.1, 0.15) is 36.6 Å². The normalized spacial score (nSPS) is 18.6. The van der Waals surface area contributed by atoms with Gasteiger partial charge in [-0.05, 0) is 25.6 Å². The molecule has 2 aromatic rings. The van der Waals surface area contributed by atoms with Crippen LogP contribution in [0.15, 0.2) is 36.5 Å². The van der Waals surface area contributed by atoms with Gasteiger partial charge in [0.15, 0.2) is 0 Å². The zero-order chi connectivity index (χ0) is 13.9. The smallest absolute Gasteiger partial charge is 0.122 e. The molecule has 4 nitrogen and oxygen atoms in total. The van der Waals surface area contributed by atoms with Crippen LogP contribution in [0.25, 0.3) is 0 Å². The highest BCUT2D eigenvalue weighted by molar-refractivity contribution is 5.41. The first-order chi connectivity index (χ1) is 9.85. The summed E-state index contributed by atoms with van der Waals surface area (Å²) in [7, 11) is 2.01. The third-order valence-corrected chi connectivity index (χ3v) is 3.95. The summed E-state index contributed by atoms with van der Waals surface area (Å²) in [5.41, 5.74) is 2.52. The summed E-state index contributed by atoms with van der Waals surface area (Å²) in [6.07, 6.45) is 2.97. The maximum atomic E-state index is 5.82. The van der Waals surface area contributed by atoms with Gasteiger partial charge in [-0.3, -0.25) is 4.68 Å². The third kappa shape index (κ3) is 2.20. The Kier molecular flexibility index (Phi) is 3.74. The van der Waals surface area contributed by atoms with Crippen molar-refractivity contribution in [2.24, 2.45) is 0 Å². The molecule has 0 spiro atoms. The predicted octanol–water partition coefficient (Wildman–Crippen LogP) is 2.73. The Hall–Kier alpha value is -1.81. The molecule has 1 N–H and O–H groups in total. The Morgan fingerprint density at radius 1 is 1.40 bits per heavy atom. The fourth-order valence-electron chi connectivity index (χ4n) is 3.02. The minimum Gasteiger partial charge on any atom is -0.493 e. The van der Waals surface area contributed by atoms with E-state index in [1.807, 2.05) is 25.4 Å². The number of nitrogens with zero attached hydrogens (tertiary/aromatic N) is 2. The molecule has 1 aliphatic rings. The monoisotopic (exact) mass is 271 g/mol. The van der Waals surface area contributed by atoms with Crippen molar-refractivity contribution in [3.8, 4) is 5.75 Å². The number of aromatic nitrogens is 2. The minimum absolute atomic E-state index is 0.229. The first kappa shape index (κ1) is 13.2. The molecule has 0 aliphatic carbocycles. The number of fused-ring (bicyclic) bond motifs is 1. The fourth-order valence-corrected chi connectivity index (χ4v) is 3.02. The van der Waals surface area contributed by atoms with Gasteiger partial charge in [0.2, 0.25) is 0 Å². The number of nitrogens with one attached hydrogen (secondary N) is 1. The summed E-state index contributed by atoms with van der Waals surface area (Å²) < 4.78 is 7.92. The molecule has 0 fully saturated rings. The Balaban J connectivity index is 1.93. The van der Waals surface area contributed by atoms with Crippen LogP contribution >= 0.6 is 0 Å². The van der Waals surface area contributed by atoms with Crippen molar-refractivity contribution in [2.45, 2.75) is 31.8 Å². The molecule has 0 radical (unpaired) electrons. The van der Waals surface area contributed by atoms with E-state index in [2.05, 4.69) is 40.2 Å². The molecule has 1 aliphatic heterocycles. The van der Waals surface area contributed by atoms with Gasteiger partial charge in [-0.1, -0.05) is 25.1 Å². The average Bonchev–Trinajstić information content (AvgIpc) is 3.09. The lowest BCUT2D eigenvalue weighted by Gasteiger charge is -2.23. The van der Waals surface area contributed by atoms with E-state index in [0.717, 1.165) is 25.3 Å². The number of para-hydroxylation sites is 1. The van der Waals surface area contributed by atoms with Gasteiger partial charge < -0.3 is 10.1 Å². The van der Waals surface area contributed by atoms with Gasteiger partial charge in [-0.2, -0.15) is 5.10 Å². The lowest BCUT2D eigenvalue weighted by molar-refractivity contribution is 0.298. The molecular formula is C16H21N3O. The second kappa shape index (κ2) is 5.67. The molecular weight excluding hydrogens is 250 g/mol. The van der Waals surface area contributed by atoms with Gasteiger partial charge in [0.25, 0.3) is 0 Å². The van der Waals surface area contributed by atoms with Crippen molar-refractivity contribution in [3.05, 3.63) is 47.8 Å². The van der Waals surface area contributed by atoms with Crippen LogP contribution in [0.4, 0.5) is 0 Å². The van der Waals surface area contributed by atoms with E-state index in [4.69, 9.17) is 4.74 Å².